The summed E-state index contributed by atoms with van der Waals surface area (Å²) in [7, 11) is 0. The lowest BCUT2D eigenvalue weighted by molar-refractivity contribution is -0.385. The molecule has 19 heavy (non-hydrogen) atoms. The third kappa shape index (κ3) is 2.90. The Bertz CT molecular complexity index is 533. The van der Waals surface area contributed by atoms with E-state index in [1.165, 1.54) is 6.07 Å². The normalized spacial score (nSPS) is 11.3. The zero-order valence-electron chi connectivity index (χ0n) is 11.9. The first-order chi connectivity index (χ1) is 8.57. The van der Waals surface area contributed by atoms with Gasteiger partial charge in [-0.25, -0.2) is 5.84 Å². The van der Waals surface area contributed by atoms with Crippen molar-refractivity contribution in [2.75, 3.05) is 0 Å². The number of carbonyl (C=O) groups is 1. The smallest absolute Gasteiger partial charge is 0.271 e. The van der Waals surface area contributed by atoms with Crippen LogP contribution in [0.15, 0.2) is 12.1 Å². The van der Waals surface area contributed by atoms with E-state index in [4.69, 9.17) is 5.84 Å². The largest absolute Gasteiger partial charge is 0.285 e. The average molecular weight is 265 g/mol. The Labute approximate surface area is 112 Å². The van der Waals surface area contributed by atoms with Gasteiger partial charge in [0.25, 0.3) is 11.6 Å². The molecule has 6 heteroatoms. The number of amides is 1. The molecular weight excluding hydrogens is 246 g/mol. The lowest BCUT2D eigenvalue weighted by Crippen LogP contribution is -2.50. The molecule has 0 aliphatic heterocycles. The van der Waals surface area contributed by atoms with Crippen molar-refractivity contribution in [2.45, 2.75) is 40.2 Å². The van der Waals surface area contributed by atoms with Crippen molar-refractivity contribution >= 4 is 11.6 Å². The van der Waals surface area contributed by atoms with Crippen LogP contribution < -0.4 is 5.84 Å². The van der Waals surface area contributed by atoms with E-state index in [0.717, 1.165) is 10.6 Å². The topological polar surface area (TPSA) is 89.5 Å². The molecule has 0 aromatic heterocycles. The molecule has 0 saturated heterocycles. The van der Waals surface area contributed by atoms with Gasteiger partial charge in [0.05, 0.1) is 10.5 Å². The summed E-state index contributed by atoms with van der Waals surface area (Å²) >= 11 is 0. The van der Waals surface area contributed by atoms with Gasteiger partial charge in [-0.05, 0) is 46.2 Å². The van der Waals surface area contributed by atoms with E-state index < -0.39 is 16.4 Å². The number of carbonyl (C=O) groups excluding carboxylic acids is 1. The summed E-state index contributed by atoms with van der Waals surface area (Å²) in [5, 5.41) is 12.2. The van der Waals surface area contributed by atoms with Crippen LogP contribution in [0, 0.1) is 24.0 Å². The van der Waals surface area contributed by atoms with Crippen molar-refractivity contribution in [1.29, 1.82) is 0 Å². The van der Waals surface area contributed by atoms with E-state index in [9.17, 15) is 14.9 Å². The van der Waals surface area contributed by atoms with Crippen LogP contribution in [0.25, 0.3) is 0 Å². The fourth-order valence-electron chi connectivity index (χ4n) is 1.64. The third-order valence-electron chi connectivity index (χ3n) is 3.06. The molecule has 2 N–H and O–H groups in total. The molecule has 1 amide bonds. The van der Waals surface area contributed by atoms with E-state index in [2.05, 4.69) is 0 Å². The van der Waals surface area contributed by atoms with Gasteiger partial charge in [0, 0.05) is 5.56 Å². The third-order valence-corrected chi connectivity index (χ3v) is 3.06. The number of hydrogen-bond acceptors (Lipinski definition) is 4. The molecule has 1 aromatic rings. The molecule has 0 saturated carbocycles. The van der Waals surface area contributed by atoms with Crippen LogP contribution in [0.2, 0.25) is 0 Å². The van der Waals surface area contributed by atoms with Gasteiger partial charge < -0.3 is 0 Å². The summed E-state index contributed by atoms with van der Waals surface area (Å²) in [6.45, 7) is 8.68. The first-order valence-corrected chi connectivity index (χ1v) is 5.91. The fraction of sp³-hybridized carbons (Fsp3) is 0.462. The maximum absolute atomic E-state index is 12.3. The van der Waals surface area contributed by atoms with Gasteiger partial charge in [-0.1, -0.05) is 6.07 Å². The van der Waals surface area contributed by atoms with Gasteiger partial charge in [0.15, 0.2) is 0 Å². The number of hydrazine groups is 1. The standard InChI is InChI=1S/C13H19N3O3/c1-8-6-7-10(11(9(8)2)16(18)19)12(17)15(14)13(3,4)5/h6-7H,14H2,1-5H3. The van der Waals surface area contributed by atoms with Gasteiger partial charge in [0.2, 0.25) is 0 Å². The number of nitro groups is 1. The lowest BCUT2D eigenvalue weighted by atomic mass is 10.0. The van der Waals surface area contributed by atoms with Crippen LogP contribution in [-0.2, 0) is 0 Å². The molecule has 1 aromatic carbocycles. The second-order valence-electron chi connectivity index (χ2n) is 5.51. The summed E-state index contributed by atoms with van der Waals surface area (Å²) < 4.78 is 0. The van der Waals surface area contributed by atoms with Crippen molar-refractivity contribution < 1.29 is 9.72 Å². The fourth-order valence-corrected chi connectivity index (χ4v) is 1.64. The molecule has 6 nitrogen and oxygen atoms in total. The second-order valence-corrected chi connectivity index (χ2v) is 5.51. The minimum absolute atomic E-state index is 0.0190. The number of benzene rings is 1. The molecule has 104 valence electrons. The number of rotatable bonds is 2. The molecule has 0 aliphatic carbocycles. The van der Waals surface area contributed by atoms with Gasteiger partial charge in [-0.15, -0.1) is 0 Å². The predicted molar refractivity (Wildman–Crippen MR) is 72.7 cm³/mol. The molecule has 0 unspecified atom stereocenters. The van der Waals surface area contributed by atoms with E-state index in [1.807, 2.05) is 0 Å². The number of hydrogen-bond donors (Lipinski definition) is 1. The zero-order valence-corrected chi connectivity index (χ0v) is 11.9. The Morgan fingerprint density at radius 3 is 2.26 bits per heavy atom. The highest BCUT2D eigenvalue weighted by Gasteiger charge is 2.31. The van der Waals surface area contributed by atoms with E-state index >= 15 is 0 Å². The Hall–Kier alpha value is -1.95. The van der Waals surface area contributed by atoms with Crippen LogP contribution in [0.5, 0.6) is 0 Å². The van der Waals surface area contributed by atoms with Gasteiger partial charge >= 0.3 is 0 Å². The molecule has 0 heterocycles. The van der Waals surface area contributed by atoms with E-state index in [1.54, 1.807) is 40.7 Å². The van der Waals surface area contributed by atoms with Crippen molar-refractivity contribution in [1.82, 2.24) is 5.01 Å². The van der Waals surface area contributed by atoms with Gasteiger partial charge in [-0.3, -0.25) is 19.9 Å². The summed E-state index contributed by atoms with van der Waals surface area (Å²) in [6, 6.07) is 3.14. The Morgan fingerprint density at radius 1 is 1.32 bits per heavy atom. The average Bonchev–Trinajstić information content (AvgIpc) is 2.28. The number of nitro benzene ring substituents is 1. The number of aryl methyl sites for hydroxylation is 1. The van der Waals surface area contributed by atoms with Crippen molar-refractivity contribution in [3.8, 4) is 0 Å². The zero-order chi connectivity index (χ0) is 15.0. The summed E-state index contributed by atoms with van der Waals surface area (Å²) in [4.78, 5) is 22.9. The lowest BCUT2D eigenvalue weighted by Gasteiger charge is -2.31. The summed E-state index contributed by atoms with van der Waals surface area (Å²) in [5.74, 6) is 5.19. The highest BCUT2D eigenvalue weighted by Crippen LogP contribution is 2.28. The first kappa shape index (κ1) is 15.1. The number of nitrogens with two attached hydrogens (primary N) is 1. The van der Waals surface area contributed by atoms with Crippen molar-refractivity contribution in [2.24, 2.45) is 5.84 Å². The van der Waals surface area contributed by atoms with Crippen LogP contribution in [0.1, 0.15) is 42.3 Å². The first-order valence-electron chi connectivity index (χ1n) is 5.91. The molecule has 0 radical (unpaired) electrons. The highest BCUT2D eigenvalue weighted by atomic mass is 16.6. The predicted octanol–water partition coefficient (Wildman–Crippen LogP) is 2.33. The van der Waals surface area contributed by atoms with Crippen molar-refractivity contribution in [3.63, 3.8) is 0 Å². The molecule has 0 atom stereocenters. The molecule has 1 rings (SSSR count). The van der Waals surface area contributed by atoms with Crippen LogP contribution >= 0.6 is 0 Å². The molecular formula is C13H19N3O3. The van der Waals surface area contributed by atoms with Gasteiger partial charge in [-0.2, -0.15) is 0 Å². The Morgan fingerprint density at radius 2 is 1.84 bits per heavy atom. The second kappa shape index (κ2) is 4.97. The van der Waals surface area contributed by atoms with Crippen LogP contribution in [0.3, 0.4) is 0 Å². The maximum atomic E-state index is 12.3. The monoisotopic (exact) mass is 265 g/mol. The highest BCUT2D eigenvalue weighted by molar-refractivity contribution is 5.98. The Kier molecular flexibility index (Phi) is 3.95. The quantitative estimate of drug-likeness (QED) is 0.384. The molecule has 0 bridgehead atoms. The molecule has 0 aliphatic rings. The van der Waals surface area contributed by atoms with Crippen LogP contribution in [0.4, 0.5) is 5.69 Å². The minimum atomic E-state index is -0.607. The SMILES string of the molecule is Cc1ccc(C(=O)N(N)C(C)(C)C)c([N+](=O)[O-])c1C. The Balaban J connectivity index is 3.40. The number of nitrogens with zero attached hydrogens (tertiary/aromatic N) is 2. The summed E-state index contributed by atoms with van der Waals surface area (Å²) in [6.07, 6.45) is 0. The molecule has 0 fully saturated rings. The minimum Gasteiger partial charge on any atom is -0.271 e. The summed E-state index contributed by atoms with van der Waals surface area (Å²) in [5.41, 5.74) is 0.486. The van der Waals surface area contributed by atoms with Crippen molar-refractivity contribution in [3.05, 3.63) is 38.9 Å². The maximum Gasteiger partial charge on any atom is 0.285 e. The van der Waals surface area contributed by atoms with Gasteiger partial charge in [0.1, 0.15) is 5.56 Å². The van der Waals surface area contributed by atoms with Crippen LogP contribution in [-0.4, -0.2) is 21.4 Å². The van der Waals surface area contributed by atoms with E-state index in [0.29, 0.717) is 5.56 Å². The van der Waals surface area contributed by atoms with E-state index in [-0.39, 0.29) is 11.3 Å². The molecule has 0 spiro atoms.